The van der Waals surface area contributed by atoms with E-state index in [1.165, 1.54) is 52.3 Å². The molecule has 29 heavy (non-hydrogen) atoms. The van der Waals surface area contributed by atoms with Crippen LogP contribution in [0.1, 0.15) is 23.0 Å². The molecule has 3 heterocycles. The van der Waals surface area contributed by atoms with Gasteiger partial charge in [0.2, 0.25) is 0 Å². The highest BCUT2D eigenvalue weighted by molar-refractivity contribution is 5.77. The first kappa shape index (κ1) is 19.0. The lowest BCUT2D eigenvalue weighted by atomic mass is 10.1. The molecule has 1 unspecified atom stereocenters. The molecule has 150 valence electrons. The summed E-state index contributed by atoms with van der Waals surface area (Å²) in [6.45, 7) is 0. The maximum atomic E-state index is 13.7. The Morgan fingerprint density at radius 1 is 0.862 bits per heavy atom. The number of rotatable bonds is 2. The van der Waals surface area contributed by atoms with Gasteiger partial charge in [0.25, 0.3) is 0 Å². The molecule has 4 rings (SSSR count). The fraction of sp³-hybridized carbons (Fsp3) is 0.158. The first-order valence-electron chi connectivity index (χ1n) is 8.36. The summed E-state index contributed by atoms with van der Waals surface area (Å²) in [6.07, 6.45) is -3.72. The van der Waals surface area contributed by atoms with Gasteiger partial charge in [0.1, 0.15) is 11.7 Å². The highest BCUT2D eigenvalue weighted by Gasteiger charge is 2.41. The van der Waals surface area contributed by atoms with Crippen LogP contribution in [0.5, 0.6) is 0 Å². The molecule has 0 bridgehead atoms. The highest BCUT2D eigenvalue weighted by Crippen LogP contribution is 2.39. The summed E-state index contributed by atoms with van der Waals surface area (Å²) in [4.78, 5) is 9.07. The second-order valence-corrected chi connectivity index (χ2v) is 6.27. The van der Waals surface area contributed by atoms with Gasteiger partial charge < -0.3 is 9.30 Å². The molecule has 2 aromatic heterocycles. The van der Waals surface area contributed by atoms with Crippen molar-refractivity contribution in [2.75, 3.05) is 4.90 Å². The van der Waals surface area contributed by atoms with Gasteiger partial charge in [-0.15, -0.1) is 0 Å². The fourth-order valence-electron chi connectivity index (χ4n) is 3.18. The number of anilines is 1. The number of hydrogen-bond donors (Lipinski definition) is 0. The van der Waals surface area contributed by atoms with Crippen LogP contribution in [0.2, 0.25) is 0 Å². The molecule has 4 nitrogen and oxygen atoms in total. The van der Waals surface area contributed by atoms with E-state index in [9.17, 15) is 26.3 Å². The number of nitrogens with zero attached hydrogens (tertiary/aromatic N) is 4. The topological polar surface area (TPSA) is 32.9 Å². The Kier molecular flexibility index (Phi) is 4.36. The number of fused-ring (bicyclic) bond motifs is 1. The summed E-state index contributed by atoms with van der Waals surface area (Å²) >= 11 is 0. The lowest BCUT2D eigenvalue weighted by Crippen LogP contribution is -2.29. The lowest BCUT2D eigenvalue weighted by molar-refractivity contribution is -0.141. The second-order valence-electron chi connectivity index (χ2n) is 6.27. The maximum Gasteiger partial charge on any atom is 0.435 e. The molecule has 0 spiro atoms. The van der Waals surface area contributed by atoms with Crippen LogP contribution in [0, 0.1) is 0 Å². The highest BCUT2D eigenvalue weighted by atomic mass is 19.4. The van der Waals surface area contributed by atoms with E-state index >= 15 is 0 Å². The van der Waals surface area contributed by atoms with Gasteiger partial charge in [-0.3, -0.25) is 4.99 Å². The molecule has 1 aliphatic heterocycles. The van der Waals surface area contributed by atoms with Crippen molar-refractivity contribution in [2.24, 2.45) is 4.99 Å². The average molecular weight is 410 g/mol. The summed E-state index contributed by atoms with van der Waals surface area (Å²) in [5.74, 6) is 0. The predicted octanol–water partition coefficient (Wildman–Crippen LogP) is 5.48. The molecule has 0 saturated heterocycles. The van der Waals surface area contributed by atoms with E-state index in [1.54, 1.807) is 12.1 Å². The Morgan fingerprint density at radius 3 is 2.24 bits per heavy atom. The Hall–Kier alpha value is -3.30. The van der Waals surface area contributed by atoms with Crippen LogP contribution < -0.4 is 4.90 Å². The molecular weight excluding hydrogens is 398 g/mol. The first-order valence-corrected chi connectivity index (χ1v) is 8.36. The summed E-state index contributed by atoms with van der Waals surface area (Å²) in [6, 6.07) is 7.72. The number of benzene rings is 1. The zero-order valence-electron chi connectivity index (χ0n) is 14.5. The Balaban J connectivity index is 1.84. The van der Waals surface area contributed by atoms with Crippen molar-refractivity contribution in [1.29, 1.82) is 0 Å². The van der Waals surface area contributed by atoms with Crippen molar-refractivity contribution in [3.8, 4) is 0 Å². The molecule has 0 amide bonds. The molecule has 1 aliphatic rings. The first-order chi connectivity index (χ1) is 13.7. The Labute approximate surface area is 160 Å². The molecule has 0 aliphatic carbocycles. The minimum Gasteiger partial charge on any atom is -0.332 e. The fourth-order valence-corrected chi connectivity index (χ4v) is 3.18. The van der Waals surface area contributed by atoms with Crippen LogP contribution in [0.15, 0.2) is 66.1 Å². The number of hydrogen-bond acceptors (Lipinski definition) is 3. The molecule has 0 radical (unpaired) electrons. The third-order valence-corrected chi connectivity index (χ3v) is 4.45. The van der Waals surface area contributed by atoms with E-state index in [1.807, 2.05) is 0 Å². The zero-order chi connectivity index (χ0) is 20.8. The normalized spacial score (nSPS) is 17.3. The van der Waals surface area contributed by atoms with Gasteiger partial charge in [-0.25, -0.2) is 4.98 Å². The smallest absolute Gasteiger partial charge is 0.332 e. The van der Waals surface area contributed by atoms with Gasteiger partial charge in [0, 0.05) is 30.5 Å². The molecular formula is C19H12F6N4. The van der Waals surface area contributed by atoms with Crippen molar-refractivity contribution in [2.45, 2.75) is 18.4 Å². The van der Waals surface area contributed by atoms with Crippen molar-refractivity contribution in [3.63, 3.8) is 0 Å². The van der Waals surface area contributed by atoms with Gasteiger partial charge in [0.15, 0.2) is 5.69 Å². The quantitative estimate of drug-likeness (QED) is 0.525. The third kappa shape index (κ3) is 3.45. The Bertz CT molecular complexity index is 1090. The van der Waals surface area contributed by atoms with Crippen molar-refractivity contribution in [3.05, 3.63) is 78.0 Å². The van der Waals surface area contributed by atoms with Crippen LogP contribution in [-0.4, -0.2) is 15.6 Å². The average Bonchev–Trinajstić information content (AvgIpc) is 3.07. The number of aromatic nitrogens is 2. The van der Waals surface area contributed by atoms with E-state index in [4.69, 9.17) is 0 Å². The van der Waals surface area contributed by atoms with Crippen LogP contribution in [0.3, 0.4) is 0 Å². The van der Waals surface area contributed by atoms with E-state index in [0.717, 1.165) is 12.1 Å². The minimum atomic E-state index is -4.72. The summed E-state index contributed by atoms with van der Waals surface area (Å²) in [7, 11) is 0. The summed E-state index contributed by atoms with van der Waals surface area (Å²) in [5.41, 5.74) is -1.72. The van der Waals surface area contributed by atoms with Crippen LogP contribution in [0.4, 0.5) is 32.0 Å². The van der Waals surface area contributed by atoms with Gasteiger partial charge in [0.05, 0.1) is 11.3 Å². The summed E-state index contributed by atoms with van der Waals surface area (Å²) < 4.78 is 80.8. The van der Waals surface area contributed by atoms with Crippen molar-refractivity contribution in [1.82, 2.24) is 9.38 Å². The Morgan fingerprint density at radius 2 is 1.59 bits per heavy atom. The van der Waals surface area contributed by atoms with Crippen molar-refractivity contribution >= 4 is 17.5 Å². The molecule has 10 heteroatoms. The van der Waals surface area contributed by atoms with Crippen LogP contribution in [0.25, 0.3) is 5.65 Å². The molecule has 1 atom stereocenters. The molecule has 0 N–H and O–H groups in total. The summed E-state index contributed by atoms with van der Waals surface area (Å²) in [5, 5.41) is 0. The van der Waals surface area contributed by atoms with Gasteiger partial charge in [-0.2, -0.15) is 26.3 Å². The van der Waals surface area contributed by atoms with E-state index in [0.29, 0.717) is 0 Å². The van der Waals surface area contributed by atoms with Gasteiger partial charge in [-0.1, -0.05) is 6.07 Å². The second kappa shape index (κ2) is 6.64. The number of pyridine rings is 1. The predicted molar refractivity (Wildman–Crippen MR) is 94.5 cm³/mol. The number of aliphatic imine (C=N–C) groups is 1. The van der Waals surface area contributed by atoms with Gasteiger partial charge >= 0.3 is 12.4 Å². The minimum absolute atomic E-state index is 0.102. The van der Waals surface area contributed by atoms with Gasteiger partial charge in [-0.05, 0) is 36.4 Å². The SMILES string of the molecule is FC(F)(F)c1ccc(N2C=CN=CC2c2c(C(F)(F)F)nc3ccccn23)cc1. The number of halogens is 6. The van der Waals surface area contributed by atoms with Crippen molar-refractivity contribution < 1.29 is 26.3 Å². The number of alkyl halides is 6. The maximum absolute atomic E-state index is 13.7. The number of imidazole rings is 1. The molecule has 3 aromatic rings. The zero-order valence-corrected chi connectivity index (χ0v) is 14.5. The molecule has 1 aromatic carbocycles. The molecule has 0 fully saturated rings. The van der Waals surface area contributed by atoms with E-state index < -0.39 is 29.7 Å². The van der Waals surface area contributed by atoms with E-state index in [-0.39, 0.29) is 17.0 Å². The van der Waals surface area contributed by atoms with Crippen LogP contribution >= 0.6 is 0 Å². The largest absolute Gasteiger partial charge is 0.435 e. The monoisotopic (exact) mass is 410 g/mol. The standard InChI is InChI=1S/C19H12F6N4/c20-18(21,22)12-4-6-13(7-5-12)28-10-8-26-11-14(28)16-17(19(23,24)25)27-15-3-1-2-9-29(15)16/h1-11,14H. The third-order valence-electron chi connectivity index (χ3n) is 4.45. The van der Waals surface area contributed by atoms with E-state index in [2.05, 4.69) is 9.98 Å². The lowest BCUT2D eigenvalue weighted by Gasteiger charge is -2.30. The molecule has 0 saturated carbocycles. The van der Waals surface area contributed by atoms with Crippen LogP contribution in [-0.2, 0) is 12.4 Å².